The van der Waals surface area contributed by atoms with Crippen molar-refractivity contribution in [2.24, 2.45) is 0 Å². The van der Waals surface area contributed by atoms with Crippen LogP contribution in [0.25, 0.3) is 30.8 Å². The molecule has 5 aromatic rings. The van der Waals surface area contributed by atoms with Crippen molar-refractivity contribution in [2.45, 2.75) is 19.3 Å². The number of pyridine rings is 1. The summed E-state index contributed by atoms with van der Waals surface area (Å²) in [6, 6.07) is 29.0. The van der Waals surface area contributed by atoms with Gasteiger partial charge in [0.05, 0.1) is 23.0 Å². The third-order valence-electron chi connectivity index (χ3n) is 6.50. The highest BCUT2D eigenvalue weighted by Gasteiger charge is 2.41. The van der Waals surface area contributed by atoms with Crippen LogP contribution in [-0.2, 0) is 5.41 Å². The van der Waals surface area contributed by atoms with Crippen molar-refractivity contribution in [2.75, 3.05) is 4.90 Å². The van der Waals surface area contributed by atoms with Gasteiger partial charge in [0.1, 0.15) is 5.82 Å². The van der Waals surface area contributed by atoms with Gasteiger partial charge in [0.15, 0.2) is 0 Å². The van der Waals surface area contributed by atoms with Gasteiger partial charge in [-0.25, -0.2) is 15.1 Å². The summed E-state index contributed by atoms with van der Waals surface area (Å²) in [6.45, 7) is 11.7. The van der Waals surface area contributed by atoms with E-state index in [1.165, 1.54) is 25.4 Å². The first-order valence-electron chi connectivity index (χ1n) is 11.5. The first-order valence-corrected chi connectivity index (χ1v) is 13.1. The summed E-state index contributed by atoms with van der Waals surface area (Å²) in [5, 5.41) is 9.17. The molecule has 1 aliphatic rings. The van der Waals surface area contributed by atoms with Crippen LogP contribution in [0.15, 0.2) is 84.6 Å². The number of thiophene rings is 2. The monoisotopic (exact) mass is 500 g/mol. The van der Waals surface area contributed by atoms with E-state index in [4.69, 9.17) is 16.8 Å². The van der Waals surface area contributed by atoms with Crippen molar-refractivity contribution >= 4 is 55.3 Å². The Morgan fingerprint density at radius 2 is 1.67 bits per heavy atom. The Balaban J connectivity index is 1.49. The van der Waals surface area contributed by atoms with E-state index in [1.807, 2.05) is 42.5 Å². The Kier molecular flexibility index (Phi) is 5.23. The first-order chi connectivity index (χ1) is 17.5. The molecule has 1 aliphatic carbocycles. The molecule has 0 amide bonds. The Hall–Kier alpha value is -4.23. The lowest BCUT2D eigenvalue weighted by molar-refractivity contribution is 0.644. The van der Waals surface area contributed by atoms with Crippen LogP contribution in [0.5, 0.6) is 0 Å². The van der Waals surface area contributed by atoms with Crippen LogP contribution < -0.4 is 4.90 Å². The van der Waals surface area contributed by atoms with Gasteiger partial charge in [0.25, 0.3) is 5.70 Å². The minimum atomic E-state index is -0.276. The highest BCUT2D eigenvalue weighted by molar-refractivity contribution is 7.30. The van der Waals surface area contributed by atoms with Gasteiger partial charge < -0.3 is 0 Å². The Morgan fingerprint density at radius 1 is 1.00 bits per heavy atom. The van der Waals surface area contributed by atoms with Gasteiger partial charge in [-0.15, -0.1) is 22.7 Å². The number of hydrogen-bond donors (Lipinski definition) is 0. The Labute approximate surface area is 217 Å². The van der Waals surface area contributed by atoms with Crippen LogP contribution in [0.3, 0.4) is 0 Å². The van der Waals surface area contributed by atoms with Gasteiger partial charge in [-0.1, -0.05) is 50.2 Å². The molecule has 0 aliphatic heterocycles. The second-order valence-corrected chi connectivity index (χ2v) is 11.2. The van der Waals surface area contributed by atoms with Crippen molar-refractivity contribution in [3.05, 3.63) is 112 Å². The van der Waals surface area contributed by atoms with Crippen molar-refractivity contribution in [1.82, 2.24) is 4.98 Å². The van der Waals surface area contributed by atoms with Crippen LogP contribution in [0.1, 0.15) is 30.0 Å². The third-order valence-corrected chi connectivity index (χ3v) is 8.90. The van der Waals surface area contributed by atoms with E-state index in [-0.39, 0.29) is 11.1 Å². The molecule has 172 valence electrons. The molecule has 0 bridgehead atoms. The summed E-state index contributed by atoms with van der Waals surface area (Å²) in [5.41, 5.74) is 5.50. The number of fused-ring (bicyclic) bond motifs is 5. The van der Waals surface area contributed by atoms with E-state index in [0.717, 1.165) is 27.8 Å². The van der Waals surface area contributed by atoms with Gasteiger partial charge >= 0.3 is 0 Å². The van der Waals surface area contributed by atoms with Crippen molar-refractivity contribution in [1.29, 1.82) is 5.26 Å². The predicted molar refractivity (Wildman–Crippen MR) is 150 cm³/mol. The van der Waals surface area contributed by atoms with Gasteiger partial charge in [-0.2, -0.15) is 0 Å². The molecule has 0 atom stereocenters. The third kappa shape index (κ3) is 3.43. The zero-order chi connectivity index (χ0) is 24.9. The van der Waals surface area contributed by atoms with Gasteiger partial charge in [0, 0.05) is 42.4 Å². The molecule has 36 heavy (non-hydrogen) atoms. The SMILES string of the molecule is [C-]#[N+]/C(C#N)=C\c1cc2sc3c(c2s1)C(C)(C)c1nc(N(c2ccccc2)c2ccccc2)ccc1-3. The smallest absolute Gasteiger partial charge is 0.263 e. The Morgan fingerprint density at radius 3 is 2.28 bits per heavy atom. The maximum absolute atomic E-state index is 9.17. The molecule has 0 radical (unpaired) electrons. The molecule has 0 fully saturated rings. The largest absolute Gasteiger partial charge is 0.295 e. The molecule has 0 saturated heterocycles. The van der Waals surface area contributed by atoms with E-state index < -0.39 is 0 Å². The molecule has 2 aromatic carbocycles. The first kappa shape index (κ1) is 22.2. The van der Waals surface area contributed by atoms with Crippen LogP contribution in [0.2, 0.25) is 0 Å². The number of nitrogens with zero attached hydrogens (tertiary/aromatic N) is 4. The number of aromatic nitrogens is 1. The highest BCUT2D eigenvalue weighted by atomic mass is 32.1. The lowest BCUT2D eigenvalue weighted by Gasteiger charge is -2.26. The molecule has 4 nitrogen and oxygen atoms in total. The summed E-state index contributed by atoms with van der Waals surface area (Å²) >= 11 is 3.42. The minimum absolute atomic E-state index is 0.108. The van der Waals surface area contributed by atoms with Crippen LogP contribution in [-0.4, -0.2) is 4.98 Å². The normalized spacial score (nSPS) is 13.6. The number of hydrogen-bond acceptors (Lipinski definition) is 5. The van der Waals surface area contributed by atoms with Crippen molar-refractivity contribution in [3.8, 4) is 16.5 Å². The zero-order valence-electron chi connectivity index (χ0n) is 19.7. The summed E-state index contributed by atoms with van der Waals surface area (Å²) in [6.07, 6.45) is 1.68. The quantitative estimate of drug-likeness (QED) is 0.183. The molecular weight excluding hydrogens is 480 g/mol. The lowest BCUT2D eigenvalue weighted by Crippen LogP contribution is -2.19. The van der Waals surface area contributed by atoms with E-state index in [2.05, 4.69) is 66.1 Å². The number of allylic oxidation sites excluding steroid dienone is 1. The molecule has 0 spiro atoms. The van der Waals surface area contributed by atoms with E-state index >= 15 is 0 Å². The molecular formula is C30H20N4S2. The molecule has 6 heteroatoms. The average Bonchev–Trinajstić information content (AvgIpc) is 3.52. The molecule has 0 unspecified atom stereocenters. The van der Waals surface area contributed by atoms with Crippen molar-refractivity contribution in [3.63, 3.8) is 0 Å². The maximum Gasteiger partial charge on any atom is 0.263 e. The second-order valence-electron chi connectivity index (χ2n) is 9.10. The fourth-order valence-electron chi connectivity index (χ4n) is 4.88. The fraction of sp³-hybridized carbons (Fsp3) is 0.100. The predicted octanol–water partition coefficient (Wildman–Crippen LogP) is 8.92. The topological polar surface area (TPSA) is 44.3 Å². The van der Waals surface area contributed by atoms with Crippen LogP contribution in [0, 0.1) is 17.9 Å². The summed E-state index contributed by atoms with van der Waals surface area (Å²) in [5.74, 6) is 0.885. The molecule has 0 saturated carbocycles. The van der Waals surface area contributed by atoms with E-state index in [0.29, 0.717) is 0 Å². The lowest BCUT2D eigenvalue weighted by atomic mass is 9.86. The standard InChI is InChI=1S/C30H20N4S2/c1-30(2)26-27(36-24-17-22(35-28(24)26)16-19(18-31)32-3)23-14-15-25(33-29(23)30)34(20-10-6-4-7-11-20)21-12-8-5-9-13-21/h4-17H,1-2H3/b19-16-. The zero-order valence-corrected chi connectivity index (χ0v) is 21.3. The van der Waals surface area contributed by atoms with E-state index in [1.54, 1.807) is 28.7 Å². The summed E-state index contributed by atoms with van der Waals surface area (Å²) < 4.78 is 2.41. The fourth-order valence-corrected chi connectivity index (χ4v) is 7.80. The number of rotatable bonds is 4. The average molecular weight is 501 g/mol. The van der Waals surface area contributed by atoms with Crippen molar-refractivity contribution < 1.29 is 0 Å². The number of anilines is 3. The molecule has 3 aromatic heterocycles. The number of benzene rings is 2. The Bertz CT molecular complexity index is 1670. The summed E-state index contributed by atoms with van der Waals surface area (Å²) in [7, 11) is 0. The van der Waals surface area contributed by atoms with Gasteiger partial charge in [-0.05, 0) is 48.5 Å². The highest BCUT2D eigenvalue weighted by Crippen LogP contribution is 2.57. The minimum Gasteiger partial charge on any atom is -0.295 e. The molecule has 0 N–H and O–H groups in total. The molecule has 6 rings (SSSR count). The van der Waals surface area contributed by atoms with Gasteiger partial charge in [0.2, 0.25) is 0 Å². The van der Waals surface area contributed by atoms with Gasteiger partial charge in [-0.3, -0.25) is 4.90 Å². The van der Waals surface area contributed by atoms with E-state index in [9.17, 15) is 0 Å². The number of para-hydroxylation sites is 2. The maximum atomic E-state index is 9.17. The van der Waals surface area contributed by atoms with Crippen LogP contribution in [0.4, 0.5) is 17.2 Å². The molecule has 3 heterocycles. The second kappa shape index (κ2) is 8.46. The van der Waals surface area contributed by atoms with Crippen LogP contribution >= 0.6 is 22.7 Å². The number of nitriles is 1. The summed E-state index contributed by atoms with van der Waals surface area (Å²) in [4.78, 5) is 13.0.